The zero-order valence-electron chi connectivity index (χ0n) is 23.3. The van der Waals surface area contributed by atoms with Gasteiger partial charge in [-0.3, -0.25) is 9.59 Å². The Bertz CT molecular complexity index is 1340. The highest BCUT2D eigenvalue weighted by atomic mass is 35.5. The lowest BCUT2D eigenvalue weighted by Gasteiger charge is -2.20. The molecule has 0 aliphatic carbocycles. The number of amides is 2. The molecule has 222 valence electrons. The minimum absolute atomic E-state index is 0.122. The van der Waals surface area contributed by atoms with Crippen LogP contribution in [-0.4, -0.2) is 51.4 Å². The summed E-state index contributed by atoms with van der Waals surface area (Å²) in [5.41, 5.74) is 2.71. The number of aryl methyl sites for hydroxylation is 1. The highest BCUT2D eigenvalue weighted by Gasteiger charge is 2.38. The summed E-state index contributed by atoms with van der Waals surface area (Å²) in [7, 11) is 0. The van der Waals surface area contributed by atoms with Crippen molar-refractivity contribution < 1.29 is 32.6 Å². The lowest BCUT2D eigenvalue weighted by molar-refractivity contribution is -0.189. The second-order valence-electron chi connectivity index (χ2n) is 9.72. The molecular formula is C29H34ClF3N4O4. The van der Waals surface area contributed by atoms with Crippen LogP contribution in [0.15, 0.2) is 48.7 Å². The summed E-state index contributed by atoms with van der Waals surface area (Å²) in [5.74, 6) is -0.0471. The minimum atomic E-state index is -4.55. The molecule has 3 rings (SSSR count). The number of ether oxygens (including phenoxy) is 1. The number of aliphatic hydroxyl groups excluding tert-OH is 1. The highest BCUT2D eigenvalue weighted by molar-refractivity contribution is 6.32. The van der Waals surface area contributed by atoms with Crippen LogP contribution in [0.25, 0.3) is 11.3 Å². The van der Waals surface area contributed by atoms with Crippen LogP contribution in [0.4, 0.5) is 13.2 Å². The SMILES string of the molecule is CCn1cc(-c2ccc(C[C@@H](CCO)NC(=O)c3ccc(OC(C)C(F)(F)F)c(Cl)c3)cc2)nc1[C@@H](C)NC(C)=O. The predicted molar refractivity (Wildman–Crippen MR) is 150 cm³/mol. The number of alkyl halides is 3. The summed E-state index contributed by atoms with van der Waals surface area (Å²) >= 11 is 6.08. The van der Waals surface area contributed by atoms with Crippen molar-refractivity contribution in [3.63, 3.8) is 0 Å². The fourth-order valence-corrected chi connectivity index (χ4v) is 4.50. The van der Waals surface area contributed by atoms with Crippen LogP contribution in [0.2, 0.25) is 5.02 Å². The summed E-state index contributed by atoms with van der Waals surface area (Å²) in [5, 5.41) is 15.1. The van der Waals surface area contributed by atoms with Gasteiger partial charge < -0.3 is 25.0 Å². The number of carbonyl (C=O) groups is 2. The van der Waals surface area contributed by atoms with Crippen molar-refractivity contribution >= 4 is 23.4 Å². The first-order valence-corrected chi connectivity index (χ1v) is 13.6. The van der Waals surface area contributed by atoms with Crippen molar-refractivity contribution in [3.8, 4) is 17.0 Å². The van der Waals surface area contributed by atoms with Crippen molar-refractivity contribution in [3.05, 3.63) is 70.6 Å². The van der Waals surface area contributed by atoms with Gasteiger partial charge in [0.1, 0.15) is 11.6 Å². The van der Waals surface area contributed by atoms with Gasteiger partial charge in [-0.25, -0.2) is 4.98 Å². The van der Waals surface area contributed by atoms with Crippen molar-refractivity contribution in [1.82, 2.24) is 20.2 Å². The van der Waals surface area contributed by atoms with Crippen LogP contribution in [0.3, 0.4) is 0 Å². The van der Waals surface area contributed by atoms with Gasteiger partial charge in [0, 0.05) is 43.4 Å². The molecule has 0 saturated carbocycles. The number of nitrogens with one attached hydrogen (secondary N) is 2. The van der Waals surface area contributed by atoms with Crippen molar-refractivity contribution in [1.29, 1.82) is 0 Å². The Morgan fingerprint density at radius 3 is 2.37 bits per heavy atom. The molecule has 2 aromatic carbocycles. The Balaban J connectivity index is 1.69. The molecule has 0 saturated heterocycles. The summed E-state index contributed by atoms with van der Waals surface area (Å²) in [6.45, 7) is 6.75. The van der Waals surface area contributed by atoms with Crippen LogP contribution in [0.5, 0.6) is 5.75 Å². The lowest BCUT2D eigenvalue weighted by atomic mass is 10.0. The van der Waals surface area contributed by atoms with Crippen molar-refractivity contribution in [2.75, 3.05) is 6.61 Å². The number of hydrogen-bond donors (Lipinski definition) is 3. The number of aliphatic hydroxyl groups is 1. The first kappa shape index (κ1) is 32.0. The van der Waals surface area contributed by atoms with Gasteiger partial charge in [-0.05, 0) is 57.4 Å². The second-order valence-corrected chi connectivity index (χ2v) is 10.1. The molecule has 0 bridgehead atoms. The van der Waals surface area contributed by atoms with Crippen LogP contribution in [0, 0.1) is 0 Å². The molecule has 8 nitrogen and oxygen atoms in total. The molecular weight excluding hydrogens is 561 g/mol. The molecule has 0 fully saturated rings. The fourth-order valence-electron chi connectivity index (χ4n) is 4.28. The van der Waals surface area contributed by atoms with Gasteiger partial charge in [0.05, 0.1) is 16.8 Å². The molecule has 0 aliphatic heterocycles. The molecule has 1 heterocycles. The number of benzene rings is 2. The van der Waals surface area contributed by atoms with E-state index in [1.165, 1.54) is 25.1 Å². The predicted octanol–water partition coefficient (Wildman–Crippen LogP) is 5.47. The van der Waals surface area contributed by atoms with Crippen LogP contribution in [0.1, 0.15) is 61.9 Å². The molecule has 0 aliphatic rings. The van der Waals surface area contributed by atoms with E-state index in [4.69, 9.17) is 21.3 Å². The third-order valence-corrected chi connectivity index (χ3v) is 6.75. The van der Waals surface area contributed by atoms with Crippen LogP contribution >= 0.6 is 11.6 Å². The number of imidazole rings is 1. The van der Waals surface area contributed by atoms with E-state index in [0.717, 1.165) is 29.6 Å². The first-order chi connectivity index (χ1) is 19.3. The average molecular weight is 595 g/mol. The fraction of sp³-hybridized carbons (Fsp3) is 0.414. The van der Waals surface area contributed by atoms with Gasteiger partial charge in [-0.2, -0.15) is 13.2 Å². The highest BCUT2D eigenvalue weighted by Crippen LogP contribution is 2.31. The number of hydrogen-bond acceptors (Lipinski definition) is 5. The molecule has 1 unspecified atom stereocenters. The maximum atomic E-state index is 12.9. The van der Waals surface area contributed by atoms with Crippen molar-refractivity contribution in [2.45, 2.75) is 71.4 Å². The smallest absolute Gasteiger partial charge is 0.425 e. The Morgan fingerprint density at radius 1 is 1.12 bits per heavy atom. The quantitative estimate of drug-likeness (QED) is 0.258. The Morgan fingerprint density at radius 2 is 1.80 bits per heavy atom. The summed E-state index contributed by atoms with van der Waals surface area (Å²) in [6.07, 6.45) is -3.96. The molecule has 3 aromatic rings. The molecule has 41 heavy (non-hydrogen) atoms. The normalized spacial score (nSPS) is 13.8. The summed E-state index contributed by atoms with van der Waals surface area (Å²) in [4.78, 5) is 29.1. The van der Waals surface area contributed by atoms with E-state index in [2.05, 4.69) is 10.6 Å². The van der Waals surface area contributed by atoms with E-state index >= 15 is 0 Å². The number of carbonyl (C=O) groups excluding carboxylic acids is 2. The van der Waals surface area contributed by atoms with E-state index in [1.54, 1.807) is 0 Å². The number of aromatic nitrogens is 2. The van der Waals surface area contributed by atoms with Gasteiger partial charge in [-0.15, -0.1) is 0 Å². The van der Waals surface area contributed by atoms with Gasteiger partial charge in [-0.1, -0.05) is 35.9 Å². The molecule has 2 amide bonds. The first-order valence-electron chi connectivity index (χ1n) is 13.2. The molecule has 0 spiro atoms. The summed E-state index contributed by atoms with van der Waals surface area (Å²) in [6, 6.07) is 10.8. The van der Waals surface area contributed by atoms with Gasteiger partial charge in [0.25, 0.3) is 5.91 Å². The molecule has 3 N–H and O–H groups in total. The van der Waals surface area contributed by atoms with Gasteiger partial charge in [0.15, 0.2) is 6.10 Å². The van der Waals surface area contributed by atoms with Gasteiger partial charge in [0.2, 0.25) is 5.91 Å². The van der Waals surface area contributed by atoms with E-state index in [0.29, 0.717) is 13.0 Å². The third-order valence-electron chi connectivity index (χ3n) is 6.46. The topological polar surface area (TPSA) is 105 Å². The molecule has 12 heteroatoms. The zero-order valence-corrected chi connectivity index (χ0v) is 24.0. The van der Waals surface area contributed by atoms with E-state index in [9.17, 15) is 27.9 Å². The second kappa shape index (κ2) is 13.9. The van der Waals surface area contributed by atoms with Crippen LogP contribution < -0.4 is 15.4 Å². The zero-order chi connectivity index (χ0) is 30.3. The minimum Gasteiger partial charge on any atom is -0.480 e. The average Bonchev–Trinajstić information content (AvgIpc) is 3.34. The summed E-state index contributed by atoms with van der Waals surface area (Å²) < 4.78 is 45.3. The monoisotopic (exact) mass is 594 g/mol. The van der Waals surface area contributed by atoms with Gasteiger partial charge >= 0.3 is 6.18 Å². The standard InChI is InChI=1S/C29H34ClF3N4O4/c1-5-37-16-25(36-27(37)17(2)34-19(4)39)21-8-6-20(7-9-21)14-23(12-13-38)35-28(40)22-10-11-26(24(30)15-22)41-18(3)29(31,32)33/h6-11,15-18,23,38H,5,12-14H2,1-4H3,(H,34,39)(H,35,40)/t17-,18?,23-/m1/s1. The molecule has 1 aromatic heterocycles. The maximum Gasteiger partial charge on any atom is 0.425 e. The molecule has 0 radical (unpaired) electrons. The number of nitrogens with zero attached hydrogens (tertiary/aromatic N) is 2. The third kappa shape index (κ3) is 8.71. The van der Waals surface area contributed by atoms with Crippen molar-refractivity contribution in [2.24, 2.45) is 0 Å². The van der Waals surface area contributed by atoms with E-state index in [1.807, 2.05) is 48.9 Å². The maximum absolute atomic E-state index is 12.9. The number of rotatable bonds is 12. The Labute approximate surface area is 241 Å². The Kier molecular flexibility index (Phi) is 10.8. The lowest BCUT2D eigenvalue weighted by Crippen LogP contribution is -2.37. The van der Waals surface area contributed by atoms with Crippen LogP contribution in [-0.2, 0) is 17.8 Å². The van der Waals surface area contributed by atoms with E-state index in [-0.39, 0.29) is 41.3 Å². The largest absolute Gasteiger partial charge is 0.480 e. The van der Waals surface area contributed by atoms with E-state index < -0.39 is 24.2 Å². The Hall–Kier alpha value is -3.57. The molecule has 3 atom stereocenters. The number of halogens is 4.